The molecule has 2 aromatic rings. The maximum atomic E-state index is 6.01. The largest absolute Gasteiger partial charge is 0.339 e. The Kier molecular flexibility index (Phi) is 3.29. The first-order valence-electron chi connectivity index (χ1n) is 5.88. The topological polar surface area (TPSA) is 77.8 Å². The third kappa shape index (κ3) is 2.39. The molecule has 94 valence electrons. The van der Waals surface area contributed by atoms with Crippen molar-refractivity contribution in [1.82, 2.24) is 15.1 Å². The van der Waals surface area contributed by atoms with Gasteiger partial charge in [0.2, 0.25) is 5.89 Å². The second kappa shape index (κ2) is 5.07. The van der Waals surface area contributed by atoms with Gasteiger partial charge in [-0.05, 0) is 12.1 Å². The van der Waals surface area contributed by atoms with Crippen LogP contribution in [0.5, 0.6) is 0 Å². The van der Waals surface area contributed by atoms with Crippen molar-refractivity contribution >= 4 is 11.8 Å². The smallest absolute Gasteiger partial charge is 0.232 e. The molecule has 2 N–H and O–H groups in total. The zero-order valence-corrected chi connectivity index (χ0v) is 10.6. The average molecular weight is 262 g/mol. The fourth-order valence-corrected chi connectivity index (χ4v) is 3.26. The van der Waals surface area contributed by atoms with Gasteiger partial charge in [0.05, 0.1) is 12.3 Å². The van der Waals surface area contributed by atoms with Crippen LogP contribution in [0.4, 0.5) is 0 Å². The van der Waals surface area contributed by atoms with Gasteiger partial charge in [-0.3, -0.25) is 4.98 Å². The Labute approximate surface area is 109 Å². The minimum Gasteiger partial charge on any atom is -0.339 e. The zero-order valence-electron chi connectivity index (χ0n) is 9.82. The summed E-state index contributed by atoms with van der Waals surface area (Å²) in [6, 6.07) is 5.91. The first kappa shape index (κ1) is 11.7. The average Bonchev–Trinajstić information content (AvgIpc) is 2.99. The van der Waals surface area contributed by atoms with Crippen LogP contribution in [0.2, 0.25) is 0 Å². The molecule has 6 heteroatoms. The Hall–Kier alpha value is -1.40. The molecule has 1 saturated heterocycles. The lowest BCUT2D eigenvalue weighted by Gasteiger charge is -2.07. The highest BCUT2D eigenvalue weighted by atomic mass is 32.2. The first-order chi connectivity index (χ1) is 8.83. The van der Waals surface area contributed by atoms with Crippen LogP contribution in [-0.2, 0) is 6.42 Å². The Morgan fingerprint density at radius 1 is 1.39 bits per heavy atom. The van der Waals surface area contributed by atoms with E-state index in [9.17, 15) is 0 Å². The van der Waals surface area contributed by atoms with Gasteiger partial charge in [-0.25, -0.2) is 0 Å². The summed E-state index contributed by atoms with van der Waals surface area (Å²) in [6.45, 7) is 0. The molecule has 0 radical (unpaired) electrons. The maximum Gasteiger partial charge on any atom is 0.232 e. The molecular weight excluding hydrogens is 248 g/mol. The van der Waals surface area contributed by atoms with Crippen molar-refractivity contribution in [1.29, 1.82) is 0 Å². The van der Waals surface area contributed by atoms with E-state index >= 15 is 0 Å². The quantitative estimate of drug-likeness (QED) is 0.896. The molecule has 0 spiro atoms. The molecule has 1 fully saturated rings. The van der Waals surface area contributed by atoms with Gasteiger partial charge < -0.3 is 10.3 Å². The molecular formula is C12H14N4OS. The summed E-state index contributed by atoms with van der Waals surface area (Å²) in [5, 5.41) is 4.00. The van der Waals surface area contributed by atoms with Crippen LogP contribution in [0.3, 0.4) is 0 Å². The first-order valence-corrected chi connectivity index (χ1v) is 7.04. The fraction of sp³-hybridized carbons (Fsp3) is 0.417. The van der Waals surface area contributed by atoms with Crippen molar-refractivity contribution < 1.29 is 4.52 Å². The Balaban J connectivity index is 1.74. The summed E-state index contributed by atoms with van der Waals surface area (Å²) in [4.78, 5) is 8.67. The van der Waals surface area contributed by atoms with Gasteiger partial charge in [0.25, 0.3) is 0 Å². The standard InChI is InChI=1S/C12H14N4OS/c13-10-7-18-6-9(10)12-15-11(16-17-12)5-8-3-1-2-4-14-8/h1-4,9-10H,5-7,13H2. The summed E-state index contributed by atoms with van der Waals surface area (Å²) < 4.78 is 5.31. The minimum atomic E-state index is 0.123. The normalized spacial score (nSPS) is 23.4. The van der Waals surface area contributed by atoms with Gasteiger partial charge in [0.1, 0.15) is 0 Å². The summed E-state index contributed by atoms with van der Waals surface area (Å²) in [7, 11) is 0. The number of aromatic nitrogens is 3. The van der Waals surface area contributed by atoms with Crippen LogP contribution in [0.1, 0.15) is 23.3 Å². The summed E-state index contributed by atoms with van der Waals surface area (Å²) >= 11 is 1.83. The van der Waals surface area contributed by atoms with Crippen LogP contribution in [-0.4, -0.2) is 32.7 Å². The second-order valence-electron chi connectivity index (χ2n) is 4.35. The van der Waals surface area contributed by atoms with Gasteiger partial charge in [0.15, 0.2) is 5.82 Å². The van der Waals surface area contributed by atoms with Crippen LogP contribution < -0.4 is 5.73 Å². The van der Waals surface area contributed by atoms with Crippen molar-refractivity contribution in [3.8, 4) is 0 Å². The number of nitrogens with zero attached hydrogens (tertiary/aromatic N) is 3. The van der Waals surface area contributed by atoms with E-state index in [1.807, 2.05) is 30.0 Å². The SMILES string of the molecule is NC1CSCC1c1nc(Cc2ccccn2)no1. The number of nitrogens with two attached hydrogens (primary N) is 1. The number of hydrogen-bond donors (Lipinski definition) is 1. The van der Waals surface area contributed by atoms with Crippen LogP contribution in [0, 0.1) is 0 Å². The molecule has 5 nitrogen and oxygen atoms in total. The van der Waals surface area contributed by atoms with E-state index in [4.69, 9.17) is 10.3 Å². The predicted molar refractivity (Wildman–Crippen MR) is 69.4 cm³/mol. The van der Waals surface area contributed by atoms with E-state index in [2.05, 4.69) is 15.1 Å². The molecule has 0 saturated carbocycles. The third-order valence-electron chi connectivity index (χ3n) is 2.99. The lowest BCUT2D eigenvalue weighted by Crippen LogP contribution is -2.26. The summed E-state index contributed by atoms with van der Waals surface area (Å²) in [5.41, 5.74) is 6.95. The van der Waals surface area contributed by atoms with E-state index < -0.39 is 0 Å². The highest BCUT2D eigenvalue weighted by molar-refractivity contribution is 7.99. The van der Waals surface area contributed by atoms with E-state index in [-0.39, 0.29) is 12.0 Å². The van der Waals surface area contributed by atoms with Gasteiger partial charge in [0, 0.05) is 29.4 Å². The van der Waals surface area contributed by atoms with E-state index in [1.54, 1.807) is 6.20 Å². The van der Waals surface area contributed by atoms with Crippen molar-refractivity contribution in [2.45, 2.75) is 18.4 Å². The van der Waals surface area contributed by atoms with E-state index in [0.717, 1.165) is 17.2 Å². The molecule has 0 aromatic carbocycles. The maximum absolute atomic E-state index is 6.01. The monoisotopic (exact) mass is 262 g/mol. The van der Waals surface area contributed by atoms with Crippen molar-refractivity contribution in [3.63, 3.8) is 0 Å². The molecule has 0 amide bonds. The second-order valence-corrected chi connectivity index (χ2v) is 5.43. The van der Waals surface area contributed by atoms with Gasteiger partial charge >= 0.3 is 0 Å². The molecule has 3 heterocycles. The molecule has 2 aromatic heterocycles. The summed E-state index contributed by atoms with van der Waals surface area (Å²) in [6.07, 6.45) is 2.36. The van der Waals surface area contributed by atoms with Crippen molar-refractivity contribution in [2.24, 2.45) is 5.73 Å². The molecule has 3 rings (SSSR count). The number of hydrogen-bond acceptors (Lipinski definition) is 6. The number of pyridine rings is 1. The number of rotatable bonds is 3. The van der Waals surface area contributed by atoms with Crippen molar-refractivity contribution in [3.05, 3.63) is 41.8 Å². The Bertz CT molecular complexity index is 516. The lowest BCUT2D eigenvalue weighted by atomic mass is 10.1. The van der Waals surface area contributed by atoms with Gasteiger partial charge in [-0.15, -0.1) is 0 Å². The van der Waals surface area contributed by atoms with Crippen LogP contribution >= 0.6 is 11.8 Å². The molecule has 18 heavy (non-hydrogen) atoms. The molecule has 2 atom stereocenters. The Morgan fingerprint density at radius 3 is 3.06 bits per heavy atom. The number of thioether (sulfide) groups is 1. The molecule has 1 aliphatic rings. The summed E-state index contributed by atoms with van der Waals surface area (Å²) in [5.74, 6) is 3.46. The van der Waals surface area contributed by atoms with E-state index in [1.165, 1.54) is 0 Å². The molecule has 2 unspecified atom stereocenters. The molecule has 1 aliphatic heterocycles. The third-order valence-corrected chi connectivity index (χ3v) is 4.21. The van der Waals surface area contributed by atoms with Gasteiger partial charge in [-0.2, -0.15) is 16.7 Å². The minimum absolute atomic E-state index is 0.123. The Morgan fingerprint density at radius 2 is 2.33 bits per heavy atom. The van der Waals surface area contributed by atoms with Gasteiger partial charge in [-0.1, -0.05) is 11.2 Å². The molecule has 0 bridgehead atoms. The molecule has 0 aliphatic carbocycles. The lowest BCUT2D eigenvalue weighted by molar-refractivity contribution is 0.349. The fourth-order valence-electron chi connectivity index (χ4n) is 1.98. The predicted octanol–water partition coefficient (Wildman–Crippen LogP) is 1.21. The zero-order chi connectivity index (χ0) is 12.4. The highest BCUT2D eigenvalue weighted by Crippen LogP contribution is 2.30. The van der Waals surface area contributed by atoms with Crippen LogP contribution in [0.15, 0.2) is 28.9 Å². The van der Waals surface area contributed by atoms with Crippen LogP contribution in [0.25, 0.3) is 0 Å². The highest BCUT2D eigenvalue weighted by Gasteiger charge is 2.30. The van der Waals surface area contributed by atoms with E-state index in [0.29, 0.717) is 18.1 Å². The van der Waals surface area contributed by atoms with Crippen molar-refractivity contribution in [2.75, 3.05) is 11.5 Å².